The largest absolute Gasteiger partial charge is 0.347 e. The number of carbonyl (C=O) groups is 1. The lowest BCUT2D eigenvalue weighted by atomic mass is 10.1. The van der Waals surface area contributed by atoms with E-state index in [1.54, 1.807) is 10.9 Å². The van der Waals surface area contributed by atoms with E-state index in [1.165, 1.54) is 11.3 Å². The molecule has 7 heteroatoms. The summed E-state index contributed by atoms with van der Waals surface area (Å²) in [6, 6.07) is 13.6. The number of thiophene rings is 1. The summed E-state index contributed by atoms with van der Waals surface area (Å²) in [7, 11) is 1.83. The Kier molecular flexibility index (Phi) is 5.02. The lowest BCUT2D eigenvalue weighted by Gasteiger charge is -2.16. The fraction of sp³-hybridized carbons (Fsp3) is 0.235. The summed E-state index contributed by atoms with van der Waals surface area (Å²) in [5.41, 5.74) is 7.86. The van der Waals surface area contributed by atoms with Crippen molar-refractivity contribution in [2.75, 3.05) is 6.54 Å². The number of rotatable bonds is 6. The molecule has 24 heavy (non-hydrogen) atoms. The molecule has 3 aromatic rings. The first-order valence-corrected chi connectivity index (χ1v) is 8.48. The molecule has 0 aliphatic carbocycles. The number of aryl methyl sites for hydroxylation is 1. The van der Waals surface area contributed by atoms with Crippen molar-refractivity contribution in [3.05, 3.63) is 59.1 Å². The van der Waals surface area contributed by atoms with E-state index in [0.29, 0.717) is 17.8 Å². The zero-order chi connectivity index (χ0) is 16.9. The summed E-state index contributed by atoms with van der Waals surface area (Å²) < 4.78 is 1.69. The Labute approximate surface area is 144 Å². The number of benzene rings is 1. The number of hydrogen-bond donors (Lipinski definition) is 2. The molecule has 0 radical (unpaired) electrons. The van der Waals surface area contributed by atoms with Crippen molar-refractivity contribution in [2.45, 2.75) is 12.5 Å². The first-order chi connectivity index (χ1) is 11.7. The van der Waals surface area contributed by atoms with Gasteiger partial charge in [0.1, 0.15) is 0 Å². The van der Waals surface area contributed by atoms with E-state index in [9.17, 15) is 4.79 Å². The molecule has 1 amide bonds. The Hall–Kier alpha value is -2.51. The van der Waals surface area contributed by atoms with Crippen LogP contribution in [0.2, 0.25) is 0 Å². The van der Waals surface area contributed by atoms with Crippen molar-refractivity contribution in [1.29, 1.82) is 0 Å². The van der Waals surface area contributed by atoms with Crippen molar-refractivity contribution in [1.82, 2.24) is 20.3 Å². The fourth-order valence-electron chi connectivity index (χ4n) is 2.46. The molecule has 1 atom stereocenters. The molecule has 0 saturated carbocycles. The first-order valence-electron chi connectivity index (χ1n) is 7.67. The third-order valence-electron chi connectivity index (χ3n) is 3.74. The van der Waals surface area contributed by atoms with Crippen molar-refractivity contribution >= 4 is 17.2 Å². The summed E-state index contributed by atoms with van der Waals surface area (Å²) in [4.78, 5) is 14.1. The summed E-state index contributed by atoms with van der Waals surface area (Å²) in [6.45, 7) is 0.393. The van der Waals surface area contributed by atoms with Crippen LogP contribution in [-0.2, 0) is 13.5 Å². The van der Waals surface area contributed by atoms with Gasteiger partial charge in [-0.3, -0.25) is 4.79 Å². The van der Waals surface area contributed by atoms with Gasteiger partial charge < -0.3 is 11.1 Å². The van der Waals surface area contributed by atoms with Gasteiger partial charge in [-0.25, -0.2) is 4.68 Å². The zero-order valence-electron chi connectivity index (χ0n) is 13.3. The third-order valence-corrected chi connectivity index (χ3v) is 4.85. The van der Waals surface area contributed by atoms with E-state index >= 15 is 0 Å². The van der Waals surface area contributed by atoms with Gasteiger partial charge in [-0.05, 0) is 24.1 Å². The molecule has 0 saturated heterocycles. The highest BCUT2D eigenvalue weighted by molar-refractivity contribution is 7.17. The predicted octanol–water partition coefficient (Wildman–Crippen LogP) is 1.84. The standard InChI is InChI=1S/C17H19N5OS/c1-22-14(11-19-21-22)15-7-8-16(24-15)17(23)20-13(10-18)9-12-5-3-2-4-6-12/h2-8,11,13H,9-10,18H2,1H3,(H,20,23)/t13-/m0/s1. The van der Waals surface area contributed by atoms with E-state index < -0.39 is 0 Å². The molecule has 0 bridgehead atoms. The van der Waals surface area contributed by atoms with E-state index in [-0.39, 0.29) is 11.9 Å². The average molecular weight is 341 g/mol. The quantitative estimate of drug-likeness (QED) is 0.716. The number of nitrogens with two attached hydrogens (primary N) is 1. The maximum Gasteiger partial charge on any atom is 0.261 e. The minimum Gasteiger partial charge on any atom is -0.347 e. The topological polar surface area (TPSA) is 85.8 Å². The van der Waals surface area contributed by atoms with Crippen LogP contribution in [0, 0.1) is 0 Å². The number of carbonyl (C=O) groups excluding carboxylic acids is 1. The number of hydrogen-bond acceptors (Lipinski definition) is 5. The van der Waals surface area contributed by atoms with Crippen LogP contribution in [0.4, 0.5) is 0 Å². The second-order valence-corrected chi connectivity index (χ2v) is 6.59. The van der Waals surface area contributed by atoms with Gasteiger partial charge in [0, 0.05) is 19.6 Å². The summed E-state index contributed by atoms with van der Waals surface area (Å²) in [5.74, 6) is -0.104. The molecular weight excluding hydrogens is 322 g/mol. The second kappa shape index (κ2) is 7.37. The van der Waals surface area contributed by atoms with Crippen LogP contribution in [-0.4, -0.2) is 33.5 Å². The Morgan fingerprint density at radius 1 is 1.29 bits per heavy atom. The number of nitrogens with zero attached hydrogens (tertiary/aromatic N) is 3. The SMILES string of the molecule is Cn1nncc1-c1ccc(C(=O)N[C@H](CN)Cc2ccccc2)s1. The molecule has 1 aromatic carbocycles. The van der Waals surface area contributed by atoms with E-state index in [0.717, 1.165) is 16.1 Å². The Morgan fingerprint density at radius 2 is 2.08 bits per heavy atom. The first kappa shape index (κ1) is 16.4. The smallest absolute Gasteiger partial charge is 0.261 e. The minimum atomic E-state index is -0.104. The Morgan fingerprint density at radius 3 is 2.75 bits per heavy atom. The lowest BCUT2D eigenvalue weighted by Crippen LogP contribution is -2.41. The highest BCUT2D eigenvalue weighted by atomic mass is 32.1. The molecule has 0 aliphatic heterocycles. The van der Waals surface area contributed by atoms with Crippen LogP contribution in [0.5, 0.6) is 0 Å². The molecule has 0 aliphatic rings. The van der Waals surface area contributed by atoms with Gasteiger partial charge in [-0.2, -0.15) is 0 Å². The Balaban J connectivity index is 1.68. The highest BCUT2D eigenvalue weighted by Crippen LogP contribution is 2.26. The van der Waals surface area contributed by atoms with Crippen LogP contribution in [0.1, 0.15) is 15.2 Å². The van der Waals surface area contributed by atoms with Crippen LogP contribution >= 0.6 is 11.3 Å². The predicted molar refractivity (Wildman–Crippen MR) is 94.8 cm³/mol. The van der Waals surface area contributed by atoms with E-state index in [1.807, 2.05) is 49.5 Å². The number of aromatic nitrogens is 3. The van der Waals surface area contributed by atoms with Crippen molar-refractivity contribution in [3.8, 4) is 10.6 Å². The normalized spacial score (nSPS) is 12.1. The number of amides is 1. The summed E-state index contributed by atoms with van der Waals surface area (Å²) in [5, 5.41) is 10.8. The molecule has 6 nitrogen and oxygen atoms in total. The third kappa shape index (κ3) is 3.69. The molecule has 2 aromatic heterocycles. The number of nitrogens with one attached hydrogen (secondary N) is 1. The maximum atomic E-state index is 12.5. The van der Waals surface area contributed by atoms with Gasteiger partial charge >= 0.3 is 0 Å². The summed E-state index contributed by atoms with van der Waals surface area (Å²) >= 11 is 1.42. The molecule has 0 spiro atoms. The van der Waals surface area contributed by atoms with Gasteiger partial charge in [-0.15, -0.1) is 16.4 Å². The molecule has 0 unspecified atom stereocenters. The minimum absolute atomic E-state index is 0.0937. The van der Waals surface area contributed by atoms with E-state index in [2.05, 4.69) is 15.6 Å². The molecule has 0 fully saturated rings. The molecule has 3 rings (SSSR count). The maximum absolute atomic E-state index is 12.5. The van der Waals surface area contributed by atoms with Gasteiger partial charge in [0.15, 0.2) is 0 Å². The van der Waals surface area contributed by atoms with Gasteiger partial charge in [0.2, 0.25) is 0 Å². The van der Waals surface area contributed by atoms with Gasteiger partial charge in [0.05, 0.1) is 21.6 Å². The fourth-order valence-corrected chi connectivity index (χ4v) is 3.41. The Bertz CT molecular complexity index is 811. The summed E-state index contributed by atoms with van der Waals surface area (Å²) in [6.07, 6.45) is 2.40. The van der Waals surface area contributed by atoms with Crippen molar-refractivity contribution < 1.29 is 4.79 Å². The van der Waals surface area contributed by atoms with Gasteiger partial charge in [0.25, 0.3) is 5.91 Å². The van der Waals surface area contributed by atoms with Crippen molar-refractivity contribution in [2.24, 2.45) is 12.8 Å². The molecule has 3 N–H and O–H groups in total. The van der Waals surface area contributed by atoms with Gasteiger partial charge in [-0.1, -0.05) is 35.5 Å². The van der Waals surface area contributed by atoms with E-state index in [4.69, 9.17) is 5.73 Å². The zero-order valence-corrected chi connectivity index (χ0v) is 14.2. The van der Waals surface area contributed by atoms with Crippen molar-refractivity contribution in [3.63, 3.8) is 0 Å². The molecule has 124 valence electrons. The van der Waals surface area contributed by atoms with Crippen LogP contribution in [0.25, 0.3) is 10.6 Å². The van der Waals surface area contributed by atoms with Crippen LogP contribution < -0.4 is 11.1 Å². The highest BCUT2D eigenvalue weighted by Gasteiger charge is 2.16. The van der Waals surface area contributed by atoms with Crippen LogP contribution in [0.3, 0.4) is 0 Å². The molecule has 2 heterocycles. The molecular formula is C17H19N5OS. The second-order valence-electron chi connectivity index (χ2n) is 5.50. The average Bonchev–Trinajstić information content (AvgIpc) is 3.23. The monoisotopic (exact) mass is 341 g/mol. The lowest BCUT2D eigenvalue weighted by molar-refractivity contribution is 0.0942. The van der Waals surface area contributed by atoms with Crippen LogP contribution in [0.15, 0.2) is 48.7 Å².